The summed E-state index contributed by atoms with van der Waals surface area (Å²) < 4.78 is 24.7. The van der Waals surface area contributed by atoms with Crippen LogP contribution in [0.4, 0.5) is 4.39 Å². The number of aromatic hydroxyl groups is 1. The molecular formula is C22H24ClFO4. The Morgan fingerprint density at radius 2 is 2.07 bits per heavy atom. The molecule has 2 rings (SSSR count). The van der Waals surface area contributed by atoms with Crippen molar-refractivity contribution in [2.75, 3.05) is 13.2 Å². The summed E-state index contributed by atoms with van der Waals surface area (Å²) in [6, 6.07) is 6.74. The quantitative estimate of drug-likeness (QED) is 0.589. The third kappa shape index (κ3) is 5.04. The molecule has 0 aromatic heterocycles. The van der Waals surface area contributed by atoms with Gasteiger partial charge in [-0.2, -0.15) is 0 Å². The Hall–Kier alpha value is -2.53. The Kier molecular flexibility index (Phi) is 7.46. The fraction of sp³-hybridized carbons (Fsp3) is 0.318. The topological polar surface area (TPSA) is 55.8 Å². The molecule has 0 aliphatic carbocycles. The van der Waals surface area contributed by atoms with E-state index in [2.05, 4.69) is 6.58 Å². The molecule has 0 saturated heterocycles. The Morgan fingerprint density at radius 1 is 1.36 bits per heavy atom. The zero-order valence-electron chi connectivity index (χ0n) is 16.2. The van der Waals surface area contributed by atoms with E-state index in [0.717, 1.165) is 11.1 Å². The first-order valence-corrected chi connectivity index (χ1v) is 9.39. The van der Waals surface area contributed by atoms with Crippen molar-refractivity contribution in [2.24, 2.45) is 0 Å². The van der Waals surface area contributed by atoms with Crippen molar-refractivity contribution in [3.8, 4) is 11.5 Å². The summed E-state index contributed by atoms with van der Waals surface area (Å²) in [7, 11) is 0. The molecule has 2 aromatic carbocycles. The van der Waals surface area contributed by atoms with Gasteiger partial charge in [-0.3, -0.25) is 0 Å². The van der Waals surface area contributed by atoms with Gasteiger partial charge in [-0.25, -0.2) is 9.18 Å². The van der Waals surface area contributed by atoms with Gasteiger partial charge in [-0.15, -0.1) is 0 Å². The number of ether oxygens (including phenoxy) is 2. The normalized spacial score (nSPS) is 10.8. The van der Waals surface area contributed by atoms with Gasteiger partial charge in [-0.1, -0.05) is 50.2 Å². The average Bonchev–Trinajstić information content (AvgIpc) is 2.66. The van der Waals surface area contributed by atoms with E-state index in [1.54, 1.807) is 25.1 Å². The number of carbonyl (C=O) groups excluding carboxylic acids is 1. The van der Waals surface area contributed by atoms with Crippen LogP contribution in [0.2, 0.25) is 5.02 Å². The summed E-state index contributed by atoms with van der Waals surface area (Å²) in [6.07, 6.45) is 1.91. The second-order valence-electron chi connectivity index (χ2n) is 6.59. The van der Waals surface area contributed by atoms with E-state index in [0.29, 0.717) is 17.5 Å². The third-order valence-corrected chi connectivity index (χ3v) is 4.67. The number of halogens is 2. The van der Waals surface area contributed by atoms with Crippen molar-refractivity contribution in [3.63, 3.8) is 0 Å². The van der Waals surface area contributed by atoms with Gasteiger partial charge in [0.1, 0.15) is 5.75 Å². The molecule has 0 aliphatic rings. The van der Waals surface area contributed by atoms with Crippen molar-refractivity contribution in [3.05, 3.63) is 63.9 Å². The van der Waals surface area contributed by atoms with E-state index < -0.39 is 18.4 Å². The lowest BCUT2D eigenvalue weighted by molar-refractivity contribution is -0.145. The van der Waals surface area contributed by atoms with Gasteiger partial charge in [-0.05, 0) is 53.6 Å². The smallest absolute Gasteiger partial charge is 0.344 e. The van der Waals surface area contributed by atoms with Crippen LogP contribution < -0.4 is 4.74 Å². The van der Waals surface area contributed by atoms with Crippen LogP contribution in [-0.2, 0) is 16.0 Å². The predicted octanol–water partition coefficient (Wildman–Crippen LogP) is 5.48. The number of rotatable bonds is 8. The molecule has 0 amide bonds. The van der Waals surface area contributed by atoms with Gasteiger partial charge >= 0.3 is 5.97 Å². The lowest BCUT2D eigenvalue weighted by Gasteiger charge is -2.15. The minimum Gasteiger partial charge on any atom is -0.508 e. The fourth-order valence-corrected chi connectivity index (χ4v) is 3.11. The molecule has 0 bridgehead atoms. The summed E-state index contributed by atoms with van der Waals surface area (Å²) in [6.45, 7) is 9.21. The first-order valence-electron chi connectivity index (χ1n) is 9.01. The van der Waals surface area contributed by atoms with Gasteiger partial charge in [0.15, 0.2) is 18.2 Å². The number of carbonyl (C=O) groups is 1. The maximum Gasteiger partial charge on any atom is 0.344 e. The predicted molar refractivity (Wildman–Crippen MR) is 109 cm³/mol. The van der Waals surface area contributed by atoms with Crippen LogP contribution in [0.5, 0.6) is 11.5 Å². The molecule has 28 heavy (non-hydrogen) atoms. The number of hydrogen-bond acceptors (Lipinski definition) is 4. The van der Waals surface area contributed by atoms with Crippen molar-refractivity contribution in [1.29, 1.82) is 0 Å². The molecule has 6 heteroatoms. The SMILES string of the molecule is C=Cc1cc(OCC(=O)OCC)c(F)c(Cl)c1Cc1ccc(O)c(C(C)C)c1. The zero-order chi connectivity index (χ0) is 20.8. The minimum atomic E-state index is -0.741. The Morgan fingerprint density at radius 3 is 2.68 bits per heavy atom. The summed E-state index contributed by atoms with van der Waals surface area (Å²) in [4.78, 5) is 11.4. The van der Waals surface area contributed by atoms with E-state index in [4.69, 9.17) is 21.1 Å². The second kappa shape index (κ2) is 9.60. The first kappa shape index (κ1) is 21.8. The highest BCUT2D eigenvalue weighted by Gasteiger charge is 2.19. The van der Waals surface area contributed by atoms with E-state index in [-0.39, 0.29) is 29.0 Å². The van der Waals surface area contributed by atoms with Crippen LogP contribution in [0, 0.1) is 5.82 Å². The average molecular weight is 407 g/mol. The third-order valence-electron chi connectivity index (χ3n) is 4.27. The maximum absolute atomic E-state index is 14.7. The molecule has 0 atom stereocenters. The van der Waals surface area contributed by atoms with Crippen LogP contribution in [-0.4, -0.2) is 24.3 Å². The summed E-state index contributed by atoms with van der Waals surface area (Å²) in [5.74, 6) is -1.10. The molecule has 2 aromatic rings. The molecule has 0 unspecified atom stereocenters. The maximum atomic E-state index is 14.7. The van der Waals surface area contributed by atoms with Crippen LogP contribution in [0.15, 0.2) is 30.8 Å². The van der Waals surface area contributed by atoms with Crippen molar-refractivity contribution in [2.45, 2.75) is 33.1 Å². The van der Waals surface area contributed by atoms with Crippen molar-refractivity contribution in [1.82, 2.24) is 0 Å². The van der Waals surface area contributed by atoms with Gasteiger partial charge < -0.3 is 14.6 Å². The number of hydrogen-bond donors (Lipinski definition) is 1. The van der Waals surface area contributed by atoms with Gasteiger partial charge in [0.25, 0.3) is 0 Å². The fourth-order valence-electron chi connectivity index (χ4n) is 2.85. The Balaban J connectivity index is 2.35. The molecule has 0 spiro atoms. The van der Waals surface area contributed by atoms with Crippen LogP contribution >= 0.6 is 11.6 Å². The lowest BCUT2D eigenvalue weighted by Crippen LogP contribution is -2.15. The molecular weight excluding hydrogens is 383 g/mol. The Bertz CT molecular complexity index is 877. The lowest BCUT2D eigenvalue weighted by atomic mass is 9.94. The zero-order valence-corrected chi connectivity index (χ0v) is 17.0. The highest BCUT2D eigenvalue weighted by Crippen LogP contribution is 2.35. The number of phenols is 1. The number of benzene rings is 2. The number of phenolic OH excluding ortho intramolecular Hbond substituents is 1. The van der Waals surface area contributed by atoms with E-state index >= 15 is 0 Å². The molecule has 0 heterocycles. The largest absolute Gasteiger partial charge is 0.508 e. The second-order valence-corrected chi connectivity index (χ2v) is 6.97. The van der Waals surface area contributed by atoms with E-state index in [1.807, 2.05) is 19.9 Å². The van der Waals surface area contributed by atoms with Gasteiger partial charge in [0.05, 0.1) is 11.6 Å². The molecule has 150 valence electrons. The van der Waals surface area contributed by atoms with Crippen molar-refractivity contribution >= 4 is 23.6 Å². The van der Waals surface area contributed by atoms with Crippen LogP contribution in [0.3, 0.4) is 0 Å². The van der Waals surface area contributed by atoms with Gasteiger partial charge in [0, 0.05) is 0 Å². The van der Waals surface area contributed by atoms with E-state index in [9.17, 15) is 14.3 Å². The Labute approximate surface area is 169 Å². The van der Waals surface area contributed by atoms with Crippen LogP contribution in [0.1, 0.15) is 48.9 Å². The standard InChI is InChI=1S/C22H24ClFO4/c1-5-15-11-19(28-12-20(26)27-6-2)22(24)21(23)17(15)10-14-7-8-18(25)16(9-14)13(3)4/h5,7-9,11,13,25H,1,6,10,12H2,2-4H3. The summed E-state index contributed by atoms with van der Waals surface area (Å²) in [5.41, 5.74) is 2.84. The number of esters is 1. The molecule has 1 N–H and O–H groups in total. The van der Waals surface area contributed by atoms with E-state index in [1.165, 1.54) is 6.07 Å². The summed E-state index contributed by atoms with van der Waals surface area (Å²) >= 11 is 6.27. The molecule has 0 radical (unpaired) electrons. The monoisotopic (exact) mass is 406 g/mol. The highest BCUT2D eigenvalue weighted by atomic mass is 35.5. The summed E-state index contributed by atoms with van der Waals surface area (Å²) in [5, 5.41) is 9.91. The molecule has 0 aliphatic heterocycles. The molecule has 0 fully saturated rings. The van der Waals surface area contributed by atoms with Crippen molar-refractivity contribution < 1.29 is 23.8 Å². The first-order chi connectivity index (χ1) is 13.3. The highest BCUT2D eigenvalue weighted by molar-refractivity contribution is 6.32. The molecule has 0 saturated carbocycles. The van der Waals surface area contributed by atoms with Crippen LogP contribution in [0.25, 0.3) is 6.08 Å². The van der Waals surface area contributed by atoms with Gasteiger partial charge in [0.2, 0.25) is 0 Å². The minimum absolute atomic E-state index is 0.0876. The molecule has 4 nitrogen and oxygen atoms in total.